The minimum atomic E-state index is -0.0455. The molecule has 2 heterocycles. The first-order chi connectivity index (χ1) is 9.02. The van der Waals surface area contributed by atoms with E-state index < -0.39 is 0 Å². The molecule has 1 aliphatic rings. The average Bonchev–Trinajstić information content (AvgIpc) is 2.91. The summed E-state index contributed by atoms with van der Waals surface area (Å²) in [5, 5.41) is 4.00. The van der Waals surface area contributed by atoms with Crippen molar-refractivity contribution in [1.29, 1.82) is 0 Å². The molecule has 2 rings (SSSR count). The van der Waals surface area contributed by atoms with Gasteiger partial charge in [-0.3, -0.25) is 4.79 Å². The molecule has 106 valence electrons. The van der Waals surface area contributed by atoms with Crippen LogP contribution < -0.4 is 16.0 Å². The third-order valence-electron chi connectivity index (χ3n) is 3.79. The number of rotatable bonds is 4. The number of carbonyl (C=O) groups excluding carboxylic acids is 1. The molecule has 4 nitrogen and oxygen atoms in total. The number of nitrogens with zero attached hydrogens (tertiary/aromatic N) is 1. The molecule has 1 aromatic heterocycles. The van der Waals surface area contributed by atoms with E-state index >= 15 is 0 Å². The second-order valence-electron chi connectivity index (χ2n) is 5.48. The van der Waals surface area contributed by atoms with Gasteiger partial charge >= 0.3 is 0 Å². The molecule has 0 saturated carbocycles. The number of nitrogens with one attached hydrogen (secondary N) is 1. The molecule has 2 unspecified atom stereocenters. The van der Waals surface area contributed by atoms with E-state index in [1.165, 1.54) is 11.3 Å². The maximum Gasteiger partial charge on any atom is 0.263 e. The van der Waals surface area contributed by atoms with E-state index in [0.29, 0.717) is 28.9 Å². The first kappa shape index (κ1) is 14.2. The van der Waals surface area contributed by atoms with Gasteiger partial charge in [0.15, 0.2) is 0 Å². The van der Waals surface area contributed by atoms with Crippen molar-refractivity contribution >= 4 is 27.9 Å². The second-order valence-corrected chi connectivity index (χ2v) is 6.52. The first-order valence-electron chi connectivity index (χ1n) is 6.95. The number of carbonyl (C=O) groups is 1. The van der Waals surface area contributed by atoms with E-state index in [-0.39, 0.29) is 5.91 Å². The molecule has 0 aliphatic carbocycles. The Bertz CT molecular complexity index is 448. The molecule has 19 heavy (non-hydrogen) atoms. The zero-order valence-corrected chi connectivity index (χ0v) is 12.7. The molecule has 0 radical (unpaired) electrons. The van der Waals surface area contributed by atoms with Crippen molar-refractivity contribution in [2.24, 2.45) is 11.8 Å². The number of hydrogen-bond donors (Lipinski definition) is 2. The molecule has 0 spiro atoms. The van der Waals surface area contributed by atoms with E-state index in [9.17, 15) is 4.79 Å². The number of anilines is 2. The number of thiophene rings is 1. The van der Waals surface area contributed by atoms with Crippen LogP contribution in [0.3, 0.4) is 0 Å². The van der Waals surface area contributed by atoms with Gasteiger partial charge in [-0.15, -0.1) is 11.3 Å². The standard InChI is InChI=1S/C14H23N3OS/c1-4-5-16-14(18)13-11(15)6-12(19-13)17-7-9(2)10(3)8-17/h6,9-10H,4-5,7-8,15H2,1-3H3,(H,16,18). The van der Waals surface area contributed by atoms with E-state index in [4.69, 9.17) is 5.73 Å². The van der Waals surface area contributed by atoms with Crippen LogP contribution in [0.4, 0.5) is 10.7 Å². The summed E-state index contributed by atoms with van der Waals surface area (Å²) in [5.41, 5.74) is 6.57. The summed E-state index contributed by atoms with van der Waals surface area (Å²) in [6.07, 6.45) is 0.936. The van der Waals surface area contributed by atoms with Crippen LogP contribution in [0.1, 0.15) is 36.9 Å². The Morgan fingerprint density at radius 3 is 2.68 bits per heavy atom. The fourth-order valence-electron chi connectivity index (χ4n) is 2.35. The molecule has 0 aromatic carbocycles. The normalized spacial score (nSPS) is 22.8. The highest BCUT2D eigenvalue weighted by Gasteiger charge is 2.28. The fraction of sp³-hybridized carbons (Fsp3) is 0.643. The Morgan fingerprint density at radius 2 is 2.11 bits per heavy atom. The molecular weight excluding hydrogens is 258 g/mol. The third-order valence-corrected chi connectivity index (χ3v) is 5.00. The predicted octanol–water partition coefficient (Wildman–Crippen LogP) is 2.56. The predicted molar refractivity (Wildman–Crippen MR) is 81.9 cm³/mol. The van der Waals surface area contributed by atoms with Crippen molar-refractivity contribution < 1.29 is 4.79 Å². The van der Waals surface area contributed by atoms with Crippen molar-refractivity contribution in [2.45, 2.75) is 27.2 Å². The van der Waals surface area contributed by atoms with Gasteiger partial charge in [0.1, 0.15) is 4.88 Å². The monoisotopic (exact) mass is 281 g/mol. The van der Waals surface area contributed by atoms with E-state index in [0.717, 1.165) is 24.5 Å². The van der Waals surface area contributed by atoms with Gasteiger partial charge in [0.2, 0.25) is 0 Å². The van der Waals surface area contributed by atoms with Gasteiger partial charge in [-0.25, -0.2) is 0 Å². The smallest absolute Gasteiger partial charge is 0.263 e. The van der Waals surface area contributed by atoms with Gasteiger partial charge in [-0.2, -0.15) is 0 Å². The van der Waals surface area contributed by atoms with Gasteiger partial charge in [0.25, 0.3) is 5.91 Å². The quantitative estimate of drug-likeness (QED) is 0.891. The first-order valence-corrected chi connectivity index (χ1v) is 7.77. The Morgan fingerprint density at radius 1 is 1.47 bits per heavy atom. The Kier molecular flexibility index (Phi) is 4.34. The van der Waals surface area contributed by atoms with Crippen LogP contribution in [-0.4, -0.2) is 25.5 Å². The SMILES string of the molecule is CCCNC(=O)c1sc(N2CC(C)C(C)C2)cc1N. The highest BCUT2D eigenvalue weighted by atomic mass is 32.1. The summed E-state index contributed by atoms with van der Waals surface area (Å²) < 4.78 is 0. The zero-order chi connectivity index (χ0) is 14.0. The van der Waals surface area contributed by atoms with E-state index in [2.05, 4.69) is 24.1 Å². The Labute approximate surface area is 119 Å². The lowest BCUT2D eigenvalue weighted by atomic mass is 10.0. The lowest BCUT2D eigenvalue weighted by Crippen LogP contribution is -2.23. The minimum Gasteiger partial charge on any atom is -0.397 e. The van der Waals surface area contributed by atoms with Crippen molar-refractivity contribution in [3.8, 4) is 0 Å². The Balaban J connectivity index is 2.10. The summed E-state index contributed by atoms with van der Waals surface area (Å²) in [5.74, 6) is 1.34. The molecule has 1 aromatic rings. The van der Waals surface area contributed by atoms with Gasteiger partial charge in [0.05, 0.1) is 10.7 Å². The molecule has 1 aliphatic heterocycles. The summed E-state index contributed by atoms with van der Waals surface area (Å²) in [4.78, 5) is 15.0. The molecular formula is C14H23N3OS. The van der Waals surface area contributed by atoms with Crippen molar-refractivity contribution in [3.05, 3.63) is 10.9 Å². The number of hydrogen-bond acceptors (Lipinski definition) is 4. The number of nitrogens with two attached hydrogens (primary N) is 1. The van der Waals surface area contributed by atoms with Crippen LogP contribution in [0.25, 0.3) is 0 Å². The maximum absolute atomic E-state index is 12.0. The lowest BCUT2D eigenvalue weighted by Gasteiger charge is -2.15. The summed E-state index contributed by atoms with van der Waals surface area (Å²) in [7, 11) is 0. The summed E-state index contributed by atoms with van der Waals surface area (Å²) in [6.45, 7) is 9.39. The van der Waals surface area contributed by atoms with Crippen LogP contribution in [0.15, 0.2) is 6.07 Å². The number of nitrogen functional groups attached to an aromatic ring is 1. The highest BCUT2D eigenvalue weighted by molar-refractivity contribution is 7.18. The Hall–Kier alpha value is -1.23. The highest BCUT2D eigenvalue weighted by Crippen LogP contribution is 2.36. The van der Waals surface area contributed by atoms with Crippen molar-refractivity contribution in [3.63, 3.8) is 0 Å². The molecule has 5 heteroatoms. The zero-order valence-electron chi connectivity index (χ0n) is 11.9. The van der Waals surface area contributed by atoms with E-state index in [1.807, 2.05) is 13.0 Å². The van der Waals surface area contributed by atoms with Crippen LogP contribution in [0.5, 0.6) is 0 Å². The average molecular weight is 281 g/mol. The van der Waals surface area contributed by atoms with Crippen molar-refractivity contribution in [1.82, 2.24) is 5.32 Å². The van der Waals surface area contributed by atoms with E-state index in [1.54, 1.807) is 0 Å². The van der Waals surface area contributed by atoms with Gasteiger partial charge in [-0.05, 0) is 24.3 Å². The summed E-state index contributed by atoms with van der Waals surface area (Å²) in [6, 6.07) is 1.94. The topological polar surface area (TPSA) is 58.4 Å². The minimum absolute atomic E-state index is 0.0455. The maximum atomic E-state index is 12.0. The van der Waals surface area contributed by atoms with Gasteiger partial charge in [-0.1, -0.05) is 20.8 Å². The largest absolute Gasteiger partial charge is 0.397 e. The molecule has 1 amide bonds. The molecule has 0 bridgehead atoms. The van der Waals surface area contributed by atoms with Crippen LogP contribution in [0, 0.1) is 11.8 Å². The second kappa shape index (κ2) is 5.82. The summed E-state index contributed by atoms with van der Waals surface area (Å²) >= 11 is 1.51. The van der Waals surface area contributed by atoms with Crippen molar-refractivity contribution in [2.75, 3.05) is 30.3 Å². The van der Waals surface area contributed by atoms with Gasteiger partial charge in [0, 0.05) is 19.6 Å². The molecule has 1 saturated heterocycles. The molecule has 1 fully saturated rings. The number of amides is 1. The van der Waals surface area contributed by atoms with Crippen LogP contribution in [-0.2, 0) is 0 Å². The molecule has 3 N–H and O–H groups in total. The lowest BCUT2D eigenvalue weighted by molar-refractivity contribution is 0.0958. The molecule has 2 atom stereocenters. The van der Waals surface area contributed by atoms with Gasteiger partial charge < -0.3 is 16.0 Å². The third kappa shape index (κ3) is 3.03. The van der Waals surface area contributed by atoms with Crippen LogP contribution in [0.2, 0.25) is 0 Å². The van der Waals surface area contributed by atoms with Crippen LogP contribution >= 0.6 is 11.3 Å². The fourth-order valence-corrected chi connectivity index (χ4v) is 3.37.